The molecule has 3 N–H and O–H groups in total. The van der Waals surface area contributed by atoms with Gasteiger partial charge in [0, 0.05) is 12.5 Å². The Morgan fingerprint density at radius 2 is 1.67 bits per heavy atom. The van der Waals surface area contributed by atoms with Crippen LogP contribution in [0.5, 0.6) is 0 Å². The van der Waals surface area contributed by atoms with Crippen LogP contribution >= 0.6 is 0 Å². The number of unbranched alkanes of at least 4 members (excludes halogenated alkanes) is 1. The van der Waals surface area contributed by atoms with Gasteiger partial charge in [0.2, 0.25) is 0 Å². The summed E-state index contributed by atoms with van der Waals surface area (Å²) in [4.78, 5) is 0. The van der Waals surface area contributed by atoms with Gasteiger partial charge in [-0.15, -0.1) is 0 Å². The monoisotopic (exact) mass is 218 g/mol. The fraction of sp³-hybridized carbons (Fsp3) is 1.00. The maximum absolute atomic E-state index is 9.90. The smallest absolute Gasteiger partial charge is 0.0615 e. The lowest BCUT2D eigenvalue weighted by molar-refractivity contribution is -0.0111. The molecular weight excluding hydrogens is 192 g/mol. The van der Waals surface area contributed by atoms with Gasteiger partial charge in [0.1, 0.15) is 0 Å². The number of hydrogen-bond donors (Lipinski definition) is 3. The van der Waals surface area contributed by atoms with E-state index in [0.29, 0.717) is 6.42 Å². The zero-order valence-corrected chi connectivity index (χ0v) is 10.2. The van der Waals surface area contributed by atoms with Crippen LogP contribution in [0.25, 0.3) is 0 Å². The average molecular weight is 218 g/mol. The zero-order valence-electron chi connectivity index (χ0n) is 10.2. The zero-order chi connectivity index (χ0) is 11.8. The Hall–Kier alpha value is -0.120. The molecule has 0 fully saturated rings. The summed E-state index contributed by atoms with van der Waals surface area (Å²) in [5, 5.41) is 28.3. The van der Waals surface area contributed by atoms with Gasteiger partial charge in [-0.3, -0.25) is 0 Å². The molecule has 0 saturated carbocycles. The molecule has 0 spiro atoms. The normalized spacial score (nSPS) is 19.6. The van der Waals surface area contributed by atoms with Crippen molar-refractivity contribution < 1.29 is 15.3 Å². The quantitative estimate of drug-likeness (QED) is 0.542. The molecule has 0 aliphatic carbocycles. The third kappa shape index (κ3) is 5.50. The Morgan fingerprint density at radius 1 is 1.07 bits per heavy atom. The number of rotatable bonds is 8. The molecule has 0 saturated heterocycles. The largest absolute Gasteiger partial charge is 0.396 e. The summed E-state index contributed by atoms with van der Waals surface area (Å²) in [6.07, 6.45) is 2.24. The average Bonchev–Trinajstić information content (AvgIpc) is 2.26. The minimum absolute atomic E-state index is 0.0846. The van der Waals surface area contributed by atoms with E-state index in [1.165, 1.54) is 0 Å². The van der Waals surface area contributed by atoms with E-state index >= 15 is 0 Å². The molecule has 0 aromatic carbocycles. The third-order valence-corrected chi connectivity index (χ3v) is 3.28. The Labute approximate surface area is 93.1 Å². The minimum Gasteiger partial charge on any atom is -0.396 e. The lowest BCUT2D eigenvalue weighted by Gasteiger charge is -2.28. The molecular formula is C12H26O3. The van der Waals surface area contributed by atoms with E-state index in [1.54, 1.807) is 0 Å². The lowest BCUT2D eigenvalue weighted by atomic mass is 9.86. The first-order valence-electron chi connectivity index (χ1n) is 6.01. The van der Waals surface area contributed by atoms with E-state index in [0.717, 1.165) is 19.3 Å². The number of hydrogen-bond acceptors (Lipinski definition) is 3. The SMILES string of the molecule is CC[C@H](C)[C@@H](O)[C@H](C)[C@@H](O)CCCCO. The predicted molar refractivity (Wildman–Crippen MR) is 61.6 cm³/mol. The molecule has 0 amide bonds. The molecule has 3 heteroatoms. The van der Waals surface area contributed by atoms with Crippen molar-refractivity contribution in [2.24, 2.45) is 11.8 Å². The van der Waals surface area contributed by atoms with Gasteiger partial charge in [0.25, 0.3) is 0 Å². The van der Waals surface area contributed by atoms with Crippen molar-refractivity contribution in [2.45, 2.75) is 58.7 Å². The first kappa shape index (κ1) is 14.9. The van der Waals surface area contributed by atoms with Crippen LogP contribution in [0.1, 0.15) is 46.5 Å². The van der Waals surface area contributed by atoms with Crippen LogP contribution in [-0.4, -0.2) is 34.1 Å². The molecule has 4 atom stereocenters. The van der Waals surface area contributed by atoms with E-state index in [2.05, 4.69) is 0 Å². The molecule has 0 radical (unpaired) electrons. The van der Waals surface area contributed by atoms with Crippen molar-refractivity contribution in [3.8, 4) is 0 Å². The van der Waals surface area contributed by atoms with Crippen LogP contribution in [0.15, 0.2) is 0 Å². The first-order valence-corrected chi connectivity index (χ1v) is 6.01. The fourth-order valence-electron chi connectivity index (χ4n) is 1.72. The highest BCUT2D eigenvalue weighted by Crippen LogP contribution is 2.21. The van der Waals surface area contributed by atoms with Crippen LogP contribution in [0.3, 0.4) is 0 Å². The Morgan fingerprint density at radius 3 is 2.13 bits per heavy atom. The summed E-state index contributed by atoms with van der Waals surface area (Å²) < 4.78 is 0. The van der Waals surface area contributed by atoms with Crippen LogP contribution in [0, 0.1) is 11.8 Å². The summed E-state index contributed by atoms with van der Waals surface area (Å²) in [7, 11) is 0. The summed E-state index contributed by atoms with van der Waals surface area (Å²) in [6.45, 7) is 6.11. The van der Waals surface area contributed by atoms with Crippen molar-refractivity contribution >= 4 is 0 Å². The second-order valence-electron chi connectivity index (χ2n) is 4.52. The molecule has 3 nitrogen and oxygen atoms in total. The van der Waals surface area contributed by atoms with Gasteiger partial charge in [-0.2, -0.15) is 0 Å². The highest BCUT2D eigenvalue weighted by atomic mass is 16.3. The van der Waals surface area contributed by atoms with Crippen molar-refractivity contribution in [1.29, 1.82) is 0 Å². The molecule has 92 valence electrons. The van der Waals surface area contributed by atoms with Crippen LogP contribution < -0.4 is 0 Å². The molecule has 0 bridgehead atoms. The molecule has 0 heterocycles. The van der Waals surface area contributed by atoms with Gasteiger partial charge in [-0.1, -0.05) is 27.2 Å². The van der Waals surface area contributed by atoms with Crippen molar-refractivity contribution in [3.05, 3.63) is 0 Å². The Bertz CT molecular complexity index is 150. The van der Waals surface area contributed by atoms with Gasteiger partial charge in [0.05, 0.1) is 12.2 Å². The Kier molecular flexibility index (Phi) is 8.02. The van der Waals surface area contributed by atoms with Gasteiger partial charge >= 0.3 is 0 Å². The summed E-state index contributed by atoms with van der Waals surface area (Å²) in [5.74, 6) is 0.145. The van der Waals surface area contributed by atoms with Gasteiger partial charge in [-0.05, 0) is 25.2 Å². The second kappa shape index (κ2) is 8.08. The van der Waals surface area contributed by atoms with E-state index < -0.39 is 12.2 Å². The molecule has 0 rings (SSSR count). The number of aliphatic hydroxyl groups excluding tert-OH is 3. The van der Waals surface area contributed by atoms with E-state index in [4.69, 9.17) is 5.11 Å². The lowest BCUT2D eigenvalue weighted by Crippen LogP contribution is -2.33. The van der Waals surface area contributed by atoms with Gasteiger partial charge in [-0.25, -0.2) is 0 Å². The van der Waals surface area contributed by atoms with Crippen LogP contribution in [0.2, 0.25) is 0 Å². The third-order valence-electron chi connectivity index (χ3n) is 3.28. The van der Waals surface area contributed by atoms with Crippen molar-refractivity contribution in [2.75, 3.05) is 6.61 Å². The maximum Gasteiger partial charge on any atom is 0.0615 e. The van der Waals surface area contributed by atoms with Crippen molar-refractivity contribution in [3.63, 3.8) is 0 Å². The molecule has 15 heavy (non-hydrogen) atoms. The van der Waals surface area contributed by atoms with E-state index in [9.17, 15) is 10.2 Å². The molecule has 0 aliphatic heterocycles. The highest BCUT2D eigenvalue weighted by molar-refractivity contribution is 4.75. The number of aliphatic hydroxyl groups is 3. The summed E-state index contributed by atoms with van der Waals surface area (Å²) >= 11 is 0. The van der Waals surface area contributed by atoms with Gasteiger partial charge < -0.3 is 15.3 Å². The Balaban J connectivity index is 3.90. The predicted octanol–water partition coefficient (Wildman–Crippen LogP) is 1.55. The van der Waals surface area contributed by atoms with E-state index in [1.807, 2.05) is 20.8 Å². The van der Waals surface area contributed by atoms with E-state index in [-0.39, 0.29) is 18.4 Å². The molecule has 0 aromatic heterocycles. The molecule has 0 aromatic rings. The minimum atomic E-state index is -0.458. The first-order chi connectivity index (χ1) is 7.04. The van der Waals surface area contributed by atoms with Crippen LogP contribution in [0.4, 0.5) is 0 Å². The molecule has 0 unspecified atom stereocenters. The topological polar surface area (TPSA) is 60.7 Å². The van der Waals surface area contributed by atoms with Crippen LogP contribution in [-0.2, 0) is 0 Å². The summed E-state index contributed by atoms with van der Waals surface area (Å²) in [5.41, 5.74) is 0. The second-order valence-corrected chi connectivity index (χ2v) is 4.52. The molecule has 0 aliphatic rings. The summed E-state index contributed by atoms with van der Waals surface area (Å²) in [6, 6.07) is 0. The fourth-order valence-corrected chi connectivity index (χ4v) is 1.72. The van der Waals surface area contributed by atoms with Gasteiger partial charge in [0.15, 0.2) is 0 Å². The highest BCUT2D eigenvalue weighted by Gasteiger charge is 2.25. The standard InChI is InChI=1S/C12H26O3/c1-4-9(2)12(15)10(3)11(14)7-5-6-8-13/h9-15H,4-8H2,1-3H3/t9-,10+,11-,12+/m0/s1. The maximum atomic E-state index is 9.90. The van der Waals surface area contributed by atoms with Crippen molar-refractivity contribution in [1.82, 2.24) is 0 Å².